The second-order valence-corrected chi connectivity index (χ2v) is 8.00. The third kappa shape index (κ3) is 2.90. The number of hydrogen-bond donors (Lipinski definition) is 2. The first kappa shape index (κ1) is 18.3. The summed E-state index contributed by atoms with van der Waals surface area (Å²) in [5.41, 5.74) is 9.74. The van der Waals surface area contributed by atoms with Gasteiger partial charge in [0.05, 0.1) is 22.2 Å². The average molecular weight is 393 g/mol. The Bertz CT molecular complexity index is 1340. The molecule has 2 aromatic carbocycles. The number of pyridine rings is 2. The van der Waals surface area contributed by atoms with Crippen LogP contribution >= 0.6 is 0 Å². The number of fused-ring (bicyclic) bond motifs is 1. The van der Waals surface area contributed by atoms with Crippen LogP contribution in [0.3, 0.4) is 0 Å². The molecule has 5 heteroatoms. The van der Waals surface area contributed by atoms with Crippen LogP contribution in [0, 0.1) is 11.3 Å². The van der Waals surface area contributed by atoms with Crippen molar-refractivity contribution in [2.24, 2.45) is 0 Å². The van der Waals surface area contributed by atoms with Crippen molar-refractivity contribution in [2.75, 3.05) is 0 Å². The molecule has 1 saturated carbocycles. The highest BCUT2D eigenvalue weighted by Gasteiger charge is 2.38. The Kier molecular flexibility index (Phi) is 4.23. The number of aromatic amines is 1. The number of H-pyrrole nitrogens is 1. The molecule has 4 N–H and O–H groups in total. The Hall–Kier alpha value is -3.75. The minimum atomic E-state index is -0.250. The number of quaternary nitrogens is 1. The maximum atomic E-state index is 12.5. The van der Waals surface area contributed by atoms with Crippen molar-refractivity contribution in [3.63, 3.8) is 0 Å². The van der Waals surface area contributed by atoms with E-state index in [1.807, 2.05) is 36.4 Å². The largest absolute Gasteiger partial charge is 0.349 e. The average Bonchev–Trinajstić information content (AvgIpc) is 2.78. The topological polar surface area (TPSA) is 97.2 Å². The summed E-state index contributed by atoms with van der Waals surface area (Å²) in [5.74, 6) is 0. The minimum Gasteiger partial charge on any atom is -0.349 e. The summed E-state index contributed by atoms with van der Waals surface area (Å²) < 4.78 is 0. The molecule has 2 heterocycles. The summed E-state index contributed by atoms with van der Waals surface area (Å²) in [7, 11) is 0. The fourth-order valence-electron chi connectivity index (χ4n) is 4.19. The van der Waals surface area contributed by atoms with Crippen molar-refractivity contribution < 1.29 is 5.73 Å². The van der Waals surface area contributed by atoms with Gasteiger partial charge in [0.25, 0.3) is 5.56 Å². The summed E-state index contributed by atoms with van der Waals surface area (Å²) in [4.78, 5) is 19.9. The molecule has 0 saturated heterocycles. The van der Waals surface area contributed by atoms with Gasteiger partial charge in [-0.2, -0.15) is 5.26 Å². The first-order chi connectivity index (χ1) is 14.6. The molecule has 0 unspecified atom stereocenters. The van der Waals surface area contributed by atoms with Crippen molar-refractivity contribution in [2.45, 2.75) is 24.8 Å². The zero-order valence-electron chi connectivity index (χ0n) is 16.5. The highest BCUT2D eigenvalue weighted by Crippen LogP contribution is 2.38. The fraction of sp³-hybridized carbons (Fsp3) is 0.160. The zero-order valence-corrected chi connectivity index (χ0v) is 16.5. The number of nitrogens with one attached hydrogen (secondary N) is 1. The van der Waals surface area contributed by atoms with Gasteiger partial charge in [0.2, 0.25) is 0 Å². The molecule has 30 heavy (non-hydrogen) atoms. The van der Waals surface area contributed by atoms with Crippen LogP contribution in [0.2, 0.25) is 0 Å². The molecule has 0 spiro atoms. The Morgan fingerprint density at radius 2 is 1.77 bits per heavy atom. The molecule has 1 aliphatic rings. The van der Waals surface area contributed by atoms with Gasteiger partial charge in [0.1, 0.15) is 11.6 Å². The SMILES string of the molecule is N#Cc1c[nH]c(=O)c2cc(-c3ccccc3)c(-c3ccc(C4([NH3+])CCC4)cc3)nc12. The standard InChI is InChI=1S/C25H20N4O/c26-14-18-15-28-24(30)21-13-20(16-5-2-1-3-6-16)22(29-23(18)21)17-7-9-19(10-8-17)25(27)11-4-12-25/h1-3,5-10,13,15H,4,11-12,27H2,(H,28,30)/p+1. The summed E-state index contributed by atoms with van der Waals surface area (Å²) in [6.07, 6.45) is 4.88. The van der Waals surface area contributed by atoms with Gasteiger partial charge < -0.3 is 10.7 Å². The normalized spacial score (nSPS) is 14.8. The molecule has 4 aromatic rings. The quantitative estimate of drug-likeness (QED) is 0.555. The van der Waals surface area contributed by atoms with Crippen LogP contribution in [0.1, 0.15) is 30.4 Å². The fourth-order valence-corrected chi connectivity index (χ4v) is 4.19. The summed E-state index contributed by atoms with van der Waals surface area (Å²) in [6, 6.07) is 22.3. The van der Waals surface area contributed by atoms with Crippen molar-refractivity contribution in [1.29, 1.82) is 5.26 Å². The van der Waals surface area contributed by atoms with Crippen LogP contribution in [0.25, 0.3) is 33.3 Å². The number of rotatable bonds is 3. The molecule has 5 rings (SSSR count). The molecular weight excluding hydrogens is 372 g/mol. The lowest BCUT2D eigenvalue weighted by Gasteiger charge is -2.34. The van der Waals surface area contributed by atoms with Gasteiger partial charge >= 0.3 is 0 Å². The predicted octanol–water partition coefficient (Wildman–Crippen LogP) is 3.75. The Labute approximate surface area is 173 Å². The van der Waals surface area contributed by atoms with E-state index in [1.165, 1.54) is 18.2 Å². The van der Waals surface area contributed by atoms with Crippen molar-refractivity contribution in [3.05, 3.63) is 88.3 Å². The summed E-state index contributed by atoms with van der Waals surface area (Å²) in [5, 5.41) is 9.93. The van der Waals surface area contributed by atoms with Crippen molar-refractivity contribution >= 4 is 10.9 Å². The number of nitriles is 1. The van der Waals surface area contributed by atoms with E-state index >= 15 is 0 Å². The van der Waals surface area contributed by atoms with Crippen molar-refractivity contribution in [1.82, 2.24) is 9.97 Å². The molecule has 0 aliphatic heterocycles. The van der Waals surface area contributed by atoms with Gasteiger partial charge in [-0.15, -0.1) is 0 Å². The lowest BCUT2D eigenvalue weighted by molar-refractivity contribution is -0.509. The van der Waals surface area contributed by atoms with E-state index in [-0.39, 0.29) is 11.1 Å². The number of nitrogens with zero attached hydrogens (tertiary/aromatic N) is 2. The molecular formula is C25H21N4O+. The van der Waals surface area contributed by atoms with Gasteiger partial charge in [0.15, 0.2) is 0 Å². The Morgan fingerprint density at radius 1 is 1.03 bits per heavy atom. The van der Waals surface area contributed by atoms with E-state index in [9.17, 15) is 10.1 Å². The van der Waals surface area contributed by atoms with E-state index < -0.39 is 0 Å². The van der Waals surface area contributed by atoms with Crippen LogP contribution in [-0.2, 0) is 5.54 Å². The van der Waals surface area contributed by atoms with Gasteiger partial charge in [-0.05, 0) is 18.1 Å². The smallest absolute Gasteiger partial charge is 0.257 e. The Balaban J connectivity index is 1.75. The van der Waals surface area contributed by atoms with E-state index in [2.05, 4.69) is 41.1 Å². The van der Waals surface area contributed by atoms with Crippen LogP contribution < -0.4 is 11.3 Å². The highest BCUT2D eigenvalue weighted by atomic mass is 16.1. The van der Waals surface area contributed by atoms with E-state index in [0.29, 0.717) is 16.5 Å². The molecule has 0 amide bonds. The molecule has 1 aliphatic carbocycles. The molecule has 0 bridgehead atoms. The van der Waals surface area contributed by atoms with E-state index in [4.69, 9.17) is 4.98 Å². The molecule has 0 radical (unpaired) electrons. The lowest BCUT2D eigenvalue weighted by Crippen LogP contribution is -2.73. The monoisotopic (exact) mass is 393 g/mol. The van der Waals surface area contributed by atoms with Gasteiger partial charge in [-0.1, -0.05) is 54.6 Å². The summed E-state index contributed by atoms with van der Waals surface area (Å²) >= 11 is 0. The van der Waals surface area contributed by atoms with Crippen LogP contribution in [0.15, 0.2) is 71.7 Å². The van der Waals surface area contributed by atoms with Gasteiger partial charge in [-0.25, -0.2) is 4.98 Å². The Morgan fingerprint density at radius 3 is 2.40 bits per heavy atom. The molecule has 2 aromatic heterocycles. The minimum absolute atomic E-state index is 0.0267. The molecule has 0 atom stereocenters. The third-order valence-corrected chi connectivity index (χ3v) is 6.16. The third-order valence-electron chi connectivity index (χ3n) is 6.16. The molecule has 5 nitrogen and oxygen atoms in total. The number of hydrogen-bond acceptors (Lipinski definition) is 3. The first-order valence-electron chi connectivity index (χ1n) is 10.1. The van der Waals surface area contributed by atoms with Gasteiger partial charge in [0, 0.05) is 35.7 Å². The first-order valence-corrected chi connectivity index (χ1v) is 10.1. The van der Waals surface area contributed by atoms with Crippen LogP contribution in [-0.4, -0.2) is 9.97 Å². The number of aromatic nitrogens is 2. The van der Waals surface area contributed by atoms with E-state index in [0.717, 1.165) is 35.2 Å². The van der Waals surface area contributed by atoms with Crippen LogP contribution in [0.4, 0.5) is 0 Å². The predicted molar refractivity (Wildman–Crippen MR) is 116 cm³/mol. The second kappa shape index (κ2) is 6.94. The highest BCUT2D eigenvalue weighted by molar-refractivity contribution is 5.93. The van der Waals surface area contributed by atoms with Gasteiger partial charge in [-0.3, -0.25) is 4.79 Å². The molecule has 146 valence electrons. The summed E-state index contributed by atoms with van der Waals surface area (Å²) in [6.45, 7) is 0. The van der Waals surface area contributed by atoms with E-state index in [1.54, 1.807) is 0 Å². The van der Waals surface area contributed by atoms with Crippen LogP contribution in [0.5, 0.6) is 0 Å². The second-order valence-electron chi connectivity index (χ2n) is 8.00. The maximum Gasteiger partial charge on any atom is 0.257 e. The zero-order chi connectivity index (χ0) is 20.7. The number of benzene rings is 2. The maximum absolute atomic E-state index is 12.5. The molecule has 1 fully saturated rings. The van der Waals surface area contributed by atoms with Crippen molar-refractivity contribution in [3.8, 4) is 28.5 Å². The lowest BCUT2D eigenvalue weighted by atomic mass is 9.72.